The van der Waals surface area contributed by atoms with Crippen molar-refractivity contribution in [1.29, 1.82) is 5.26 Å². The maximum Gasteiger partial charge on any atom is 0.318 e. The number of nitriles is 1. The molecule has 0 N–H and O–H groups in total. The SMILES string of the molecule is CCC(C)c1ccccc1CN1Cc2nc(OC[C@@H]3CCCN3C)nc(N3CCN(C(C)=O)[C@@H](CC#N)C3)c2C1. The third kappa shape index (κ3) is 6.08. The number of piperazine rings is 1. The van der Waals surface area contributed by atoms with Crippen LogP contribution in [0.1, 0.15) is 74.8 Å². The summed E-state index contributed by atoms with van der Waals surface area (Å²) in [6.07, 6.45) is 3.73. The summed E-state index contributed by atoms with van der Waals surface area (Å²) in [7, 11) is 2.15. The Morgan fingerprint density at radius 2 is 2.00 bits per heavy atom. The largest absolute Gasteiger partial charge is 0.462 e. The van der Waals surface area contributed by atoms with Crippen LogP contribution in [-0.2, 0) is 24.4 Å². The minimum absolute atomic E-state index is 0.0173. The summed E-state index contributed by atoms with van der Waals surface area (Å²) in [4.78, 5) is 31.0. The highest BCUT2D eigenvalue weighted by Gasteiger charge is 2.34. The topological polar surface area (TPSA) is 88.8 Å². The number of likely N-dealkylation sites (N-methyl/N-ethyl adjacent to an activating group) is 1. The maximum atomic E-state index is 12.3. The molecule has 3 aliphatic rings. The molecule has 2 fully saturated rings. The van der Waals surface area contributed by atoms with Crippen LogP contribution in [0.15, 0.2) is 24.3 Å². The lowest BCUT2D eigenvalue weighted by atomic mass is 9.93. The molecule has 2 aromatic rings. The Balaban J connectivity index is 1.41. The fraction of sp³-hybridized carbons (Fsp3) is 0.613. The van der Waals surface area contributed by atoms with E-state index in [1.54, 1.807) is 6.92 Å². The van der Waals surface area contributed by atoms with Crippen LogP contribution in [0.2, 0.25) is 0 Å². The normalized spacial score (nSPS) is 22.3. The first-order valence-corrected chi connectivity index (χ1v) is 14.8. The number of nitrogens with zero attached hydrogens (tertiary/aromatic N) is 7. The molecule has 1 aromatic heterocycles. The van der Waals surface area contributed by atoms with E-state index in [9.17, 15) is 10.1 Å². The molecule has 3 aliphatic heterocycles. The van der Waals surface area contributed by atoms with Gasteiger partial charge in [0.1, 0.15) is 12.4 Å². The molecule has 3 atom stereocenters. The van der Waals surface area contributed by atoms with Crippen LogP contribution < -0.4 is 9.64 Å². The van der Waals surface area contributed by atoms with Crippen LogP contribution in [0, 0.1) is 11.3 Å². The van der Waals surface area contributed by atoms with Gasteiger partial charge in [0.15, 0.2) is 0 Å². The fourth-order valence-corrected chi connectivity index (χ4v) is 6.44. The molecule has 40 heavy (non-hydrogen) atoms. The molecule has 0 radical (unpaired) electrons. The zero-order chi connectivity index (χ0) is 28.2. The van der Waals surface area contributed by atoms with Gasteiger partial charge in [-0.25, -0.2) is 0 Å². The first-order valence-electron chi connectivity index (χ1n) is 14.8. The highest BCUT2D eigenvalue weighted by molar-refractivity contribution is 5.74. The number of carbonyl (C=O) groups excluding carboxylic acids is 1. The number of anilines is 1. The van der Waals surface area contributed by atoms with Crippen LogP contribution in [-0.4, -0.2) is 82.5 Å². The van der Waals surface area contributed by atoms with Crippen molar-refractivity contribution < 1.29 is 9.53 Å². The van der Waals surface area contributed by atoms with Gasteiger partial charge in [-0.3, -0.25) is 9.69 Å². The van der Waals surface area contributed by atoms with E-state index in [0.717, 1.165) is 56.1 Å². The summed E-state index contributed by atoms with van der Waals surface area (Å²) in [5.74, 6) is 1.42. The van der Waals surface area contributed by atoms with E-state index in [0.29, 0.717) is 50.6 Å². The van der Waals surface area contributed by atoms with E-state index < -0.39 is 0 Å². The standard InChI is InChI=1S/C31H43N7O2/c1-5-22(2)27-11-7-6-9-24(27)17-36-19-28-29(20-36)33-31(40-21-26-10-8-14-35(26)4)34-30(28)37-15-16-38(23(3)39)25(18-37)12-13-32/h6-7,9,11,22,25-26H,5,8,10,12,14-21H2,1-4H3/t22?,25-,26-/m0/s1. The zero-order valence-corrected chi connectivity index (χ0v) is 24.5. The predicted molar refractivity (Wildman–Crippen MR) is 155 cm³/mol. The first-order chi connectivity index (χ1) is 19.4. The molecule has 1 unspecified atom stereocenters. The lowest BCUT2D eigenvalue weighted by Gasteiger charge is -2.41. The molecule has 0 aliphatic carbocycles. The van der Waals surface area contributed by atoms with Crippen LogP contribution in [0.4, 0.5) is 5.82 Å². The van der Waals surface area contributed by atoms with Gasteiger partial charge in [0, 0.05) is 57.8 Å². The molecule has 9 heteroatoms. The molecule has 214 valence electrons. The van der Waals surface area contributed by atoms with Crippen molar-refractivity contribution >= 4 is 11.7 Å². The van der Waals surface area contributed by atoms with Crippen LogP contribution in [0.5, 0.6) is 6.01 Å². The Morgan fingerprint density at radius 3 is 2.73 bits per heavy atom. The quantitative estimate of drug-likeness (QED) is 0.468. The molecule has 0 spiro atoms. The van der Waals surface area contributed by atoms with Gasteiger partial charge in [0.05, 0.1) is 24.2 Å². The van der Waals surface area contributed by atoms with E-state index in [4.69, 9.17) is 14.7 Å². The fourth-order valence-electron chi connectivity index (χ4n) is 6.44. The summed E-state index contributed by atoms with van der Waals surface area (Å²) in [5, 5.41) is 9.46. The zero-order valence-electron chi connectivity index (χ0n) is 24.5. The number of hydrogen-bond acceptors (Lipinski definition) is 8. The number of amides is 1. The molecule has 0 bridgehead atoms. The molecule has 5 rings (SSSR count). The molecular weight excluding hydrogens is 502 g/mol. The second-order valence-electron chi connectivity index (χ2n) is 11.7. The van der Waals surface area contributed by atoms with Gasteiger partial charge in [-0.1, -0.05) is 38.1 Å². The Bertz CT molecular complexity index is 1240. The maximum absolute atomic E-state index is 12.3. The first kappa shape index (κ1) is 28.3. The highest BCUT2D eigenvalue weighted by Crippen LogP contribution is 2.34. The summed E-state index contributed by atoms with van der Waals surface area (Å²) in [6, 6.07) is 11.7. The molecule has 1 aromatic carbocycles. The van der Waals surface area contributed by atoms with Crippen molar-refractivity contribution in [3.05, 3.63) is 46.6 Å². The number of likely N-dealkylation sites (tertiary alicyclic amines) is 1. The van der Waals surface area contributed by atoms with Crippen LogP contribution in [0.25, 0.3) is 0 Å². The summed E-state index contributed by atoms with van der Waals surface area (Å²) < 4.78 is 6.24. The lowest BCUT2D eigenvalue weighted by molar-refractivity contribution is -0.131. The Kier molecular flexibility index (Phi) is 8.87. The van der Waals surface area contributed by atoms with Crippen molar-refractivity contribution in [2.75, 3.05) is 44.7 Å². The smallest absolute Gasteiger partial charge is 0.318 e. The lowest BCUT2D eigenvalue weighted by Crippen LogP contribution is -2.55. The second kappa shape index (κ2) is 12.5. The van der Waals surface area contributed by atoms with Crippen molar-refractivity contribution in [3.8, 4) is 12.1 Å². The van der Waals surface area contributed by atoms with Crippen molar-refractivity contribution in [2.45, 2.75) is 84.1 Å². The summed E-state index contributed by atoms with van der Waals surface area (Å²) >= 11 is 0. The number of fused-ring (bicyclic) bond motifs is 1. The van der Waals surface area contributed by atoms with Gasteiger partial charge in [0.25, 0.3) is 0 Å². The third-order valence-corrected chi connectivity index (χ3v) is 8.99. The Morgan fingerprint density at radius 1 is 1.18 bits per heavy atom. The average molecular weight is 546 g/mol. The molecular formula is C31H43N7O2. The molecule has 9 nitrogen and oxygen atoms in total. The van der Waals surface area contributed by atoms with E-state index >= 15 is 0 Å². The molecule has 0 saturated carbocycles. The number of ether oxygens (including phenoxy) is 1. The van der Waals surface area contributed by atoms with Gasteiger partial charge in [-0.15, -0.1) is 0 Å². The highest BCUT2D eigenvalue weighted by atomic mass is 16.5. The minimum Gasteiger partial charge on any atom is -0.462 e. The molecule has 4 heterocycles. The Labute approximate surface area is 238 Å². The van der Waals surface area contributed by atoms with E-state index in [1.165, 1.54) is 17.5 Å². The van der Waals surface area contributed by atoms with Crippen LogP contribution in [0.3, 0.4) is 0 Å². The van der Waals surface area contributed by atoms with E-state index in [-0.39, 0.29) is 11.9 Å². The summed E-state index contributed by atoms with van der Waals surface area (Å²) in [5.41, 5.74) is 4.94. The predicted octanol–water partition coefficient (Wildman–Crippen LogP) is 3.93. The van der Waals surface area contributed by atoms with E-state index in [2.05, 4.69) is 65.9 Å². The van der Waals surface area contributed by atoms with Gasteiger partial charge < -0.3 is 19.4 Å². The van der Waals surface area contributed by atoms with Crippen molar-refractivity contribution in [3.63, 3.8) is 0 Å². The molecule has 2 saturated heterocycles. The van der Waals surface area contributed by atoms with Gasteiger partial charge in [-0.05, 0) is 49.9 Å². The summed E-state index contributed by atoms with van der Waals surface area (Å²) in [6.45, 7) is 12.0. The number of benzene rings is 1. The second-order valence-corrected chi connectivity index (χ2v) is 11.7. The van der Waals surface area contributed by atoms with Crippen molar-refractivity contribution in [2.24, 2.45) is 0 Å². The Hall–Kier alpha value is -3.22. The number of aromatic nitrogens is 2. The minimum atomic E-state index is -0.154. The van der Waals surface area contributed by atoms with E-state index in [1.807, 2.05) is 4.90 Å². The number of carbonyl (C=O) groups is 1. The van der Waals surface area contributed by atoms with Crippen molar-refractivity contribution in [1.82, 2.24) is 24.7 Å². The molecule has 1 amide bonds. The van der Waals surface area contributed by atoms with Gasteiger partial charge >= 0.3 is 6.01 Å². The third-order valence-electron chi connectivity index (χ3n) is 8.99. The van der Waals surface area contributed by atoms with Crippen LogP contribution >= 0.6 is 0 Å². The van der Waals surface area contributed by atoms with Gasteiger partial charge in [0.2, 0.25) is 5.91 Å². The number of rotatable bonds is 9. The number of hydrogen-bond donors (Lipinski definition) is 0. The van der Waals surface area contributed by atoms with Gasteiger partial charge in [-0.2, -0.15) is 15.2 Å². The monoisotopic (exact) mass is 545 g/mol. The average Bonchev–Trinajstić information content (AvgIpc) is 3.56.